The number of halogens is 1. The molecule has 2 atom stereocenters. The number of hydrogen-bond donors (Lipinski definition) is 4. The van der Waals surface area contributed by atoms with Crippen LogP contribution in [0.15, 0.2) is 78.0 Å². The molecule has 2 saturated carbocycles. The summed E-state index contributed by atoms with van der Waals surface area (Å²) in [6.07, 6.45) is 9.05. The Hall–Kier alpha value is -6.31. The average molecular weight is 1020 g/mol. The second kappa shape index (κ2) is 19.5. The summed E-state index contributed by atoms with van der Waals surface area (Å²) in [4.78, 5) is 52.6. The predicted molar refractivity (Wildman–Crippen MR) is 274 cm³/mol. The molecule has 3 aromatic carbocycles. The van der Waals surface area contributed by atoms with Crippen molar-refractivity contribution in [2.45, 2.75) is 121 Å². The number of benzene rings is 3. The van der Waals surface area contributed by atoms with Gasteiger partial charge >= 0.3 is 0 Å². The van der Waals surface area contributed by atoms with Crippen LogP contribution in [0.1, 0.15) is 119 Å². The van der Waals surface area contributed by atoms with E-state index < -0.39 is 42.9 Å². The Kier molecular flexibility index (Phi) is 13.4. The lowest BCUT2D eigenvalue weighted by Crippen LogP contribution is -2.60. The van der Waals surface area contributed by atoms with Crippen LogP contribution in [-0.2, 0) is 14.8 Å². The molecule has 19 heteroatoms. The van der Waals surface area contributed by atoms with E-state index >= 15 is 0 Å². The van der Waals surface area contributed by atoms with Crippen LogP contribution in [0.2, 0.25) is 0 Å². The molecule has 2 aromatic heterocycles. The normalized spacial score (nSPS) is 23.4. The number of aromatic amines is 1. The van der Waals surface area contributed by atoms with Gasteiger partial charge in [-0.15, -0.1) is 0 Å². The fourth-order valence-corrected chi connectivity index (χ4v) is 13.0. The second-order valence-electron chi connectivity index (χ2n) is 21.9. The van der Waals surface area contributed by atoms with Gasteiger partial charge in [-0.1, -0.05) is 52.0 Å². The lowest BCUT2D eigenvalue weighted by molar-refractivity contribution is -0.384. The van der Waals surface area contributed by atoms with Crippen molar-refractivity contribution in [2.24, 2.45) is 17.3 Å². The number of aliphatic hydroxyl groups is 1. The SMILES string of the molecule is CC(C)C(=O)N1CCN(C2CC3(CCN(c4ccc(C(=O)NS(=O)(=O)c5cc6c(c([N+](=O)[O-])c5)N[C@@H](C5CCC(C)(O)CC5)CO6)c(Oc5cnc6[nH]cc(F)c6c5)c4)CC3)C2)[C@@H](c2ccccc2C(C)C)C1. The number of carbonyl (C=O) groups is 2. The number of piperidine rings is 1. The van der Waals surface area contributed by atoms with Gasteiger partial charge in [-0.2, -0.15) is 0 Å². The first kappa shape index (κ1) is 50.2. The number of fused-ring (bicyclic) bond motifs is 2. The lowest BCUT2D eigenvalue weighted by atomic mass is 9.59. The first-order valence-corrected chi connectivity index (χ1v) is 27.1. The number of hydrogen-bond acceptors (Lipinski definition) is 13. The molecule has 17 nitrogen and oxygen atoms in total. The zero-order valence-electron chi connectivity index (χ0n) is 42.0. The van der Waals surface area contributed by atoms with Gasteiger partial charge in [-0.3, -0.25) is 24.6 Å². The van der Waals surface area contributed by atoms with E-state index in [9.17, 15) is 37.6 Å². The van der Waals surface area contributed by atoms with Crippen LogP contribution in [0.3, 0.4) is 0 Å². The van der Waals surface area contributed by atoms with Crippen molar-refractivity contribution < 1.29 is 41.9 Å². The maximum absolute atomic E-state index is 14.7. The molecule has 5 aromatic rings. The molecule has 4 fully saturated rings. The number of nitro groups is 1. The maximum Gasteiger partial charge on any atom is 0.297 e. The maximum atomic E-state index is 14.7. The van der Waals surface area contributed by atoms with Crippen molar-refractivity contribution in [1.82, 2.24) is 24.5 Å². The number of piperazine rings is 1. The number of sulfonamides is 1. The van der Waals surface area contributed by atoms with E-state index in [1.54, 1.807) is 19.1 Å². The number of nitrogens with zero attached hydrogens (tertiary/aromatic N) is 5. The zero-order chi connectivity index (χ0) is 51.6. The molecule has 0 radical (unpaired) electrons. The molecule has 73 heavy (non-hydrogen) atoms. The summed E-state index contributed by atoms with van der Waals surface area (Å²) in [5.74, 6) is -1.00. The minimum absolute atomic E-state index is 0.00618. The average Bonchev–Trinajstić information content (AvgIpc) is 3.73. The van der Waals surface area contributed by atoms with Crippen LogP contribution in [0.25, 0.3) is 11.0 Å². The Morgan fingerprint density at radius 3 is 2.45 bits per heavy atom. The van der Waals surface area contributed by atoms with Gasteiger partial charge in [0.05, 0.1) is 44.7 Å². The third kappa shape index (κ3) is 10.1. The van der Waals surface area contributed by atoms with Crippen LogP contribution in [-0.4, -0.2) is 107 Å². The minimum atomic E-state index is -4.74. The van der Waals surface area contributed by atoms with Gasteiger partial charge in [-0.05, 0) is 105 Å². The molecule has 0 bridgehead atoms. The number of anilines is 2. The second-order valence-corrected chi connectivity index (χ2v) is 23.6. The monoisotopic (exact) mass is 1020 g/mol. The Labute approximate surface area is 425 Å². The van der Waals surface area contributed by atoms with Gasteiger partial charge in [0.1, 0.15) is 29.6 Å². The summed E-state index contributed by atoms with van der Waals surface area (Å²) in [6.45, 7) is 13.9. The van der Waals surface area contributed by atoms with Crippen molar-refractivity contribution in [3.63, 3.8) is 0 Å². The van der Waals surface area contributed by atoms with E-state index in [0.717, 1.165) is 63.1 Å². The molecule has 2 amide bonds. The molecule has 2 saturated heterocycles. The Balaban J connectivity index is 0.863. The molecule has 5 aliphatic rings. The fourth-order valence-electron chi connectivity index (χ4n) is 12.0. The number of carbonyl (C=O) groups excluding carboxylic acids is 2. The highest BCUT2D eigenvalue weighted by Gasteiger charge is 2.50. The van der Waals surface area contributed by atoms with E-state index in [1.807, 2.05) is 18.7 Å². The summed E-state index contributed by atoms with van der Waals surface area (Å²) in [6, 6.07) is 17.2. The van der Waals surface area contributed by atoms with Crippen LogP contribution >= 0.6 is 0 Å². The molecule has 0 unspecified atom stereocenters. The standard InChI is InChI=1S/C54H65FN8O9S/c1-32(2)39-8-6-7-9-40(39)46-30-61(52(65)33(3)4)20-21-62(46)36-26-54(27-36)16-18-60(19-17-54)35-10-11-41(47(22-35)72-37-23-42-43(55)29-57-50(42)56-28-37)51(64)59-73(69,70)38-24-45(63(67)68)49-48(25-38)71-31-44(58-49)34-12-14-53(5,66)15-13-34/h6-11,22-25,28-29,32-34,36,44,46,58,66H,12-21,26-27,30-31H2,1-5H3,(H,56,57)(H,59,64)/t34?,44-,46-,53?/m1/s1. The number of nitrogens with one attached hydrogen (secondary N) is 3. The fraction of sp³-hybridized carbons (Fsp3) is 0.500. The highest BCUT2D eigenvalue weighted by Crippen LogP contribution is 2.54. The van der Waals surface area contributed by atoms with Crippen molar-refractivity contribution in [1.29, 1.82) is 0 Å². The van der Waals surface area contributed by atoms with Crippen LogP contribution < -0.4 is 24.4 Å². The third-order valence-corrected chi connectivity index (χ3v) is 17.6. The number of H-pyrrole nitrogens is 1. The smallest absolute Gasteiger partial charge is 0.297 e. The van der Waals surface area contributed by atoms with Crippen LogP contribution in [0.4, 0.5) is 21.5 Å². The highest BCUT2D eigenvalue weighted by atomic mass is 32.2. The number of pyridine rings is 1. The van der Waals surface area contributed by atoms with E-state index in [2.05, 4.69) is 67.9 Å². The predicted octanol–water partition coefficient (Wildman–Crippen LogP) is 9.05. The number of amides is 2. The highest BCUT2D eigenvalue weighted by molar-refractivity contribution is 7.90. The summed E-state index contributed by atoms with van der Waals surface area (Å²) >= 11 is 0. The largest absolute Gasteiger partial charge is 0.489 e. The minimum Gasteiger partial charge on any atom is -0.489 e. The topological polar surface area (TPSA) is 213 Å². The van der Waals surface area contributed by atoms with Crippen LogP contribution in [0, 0.1) is 33.2 Å². The van der Waals surface area contributed by atoms with Crippen molar-refractivity contribution in [2.75, 3.05) is 49.5 Å². The van der Waals surface area contributed by atoms with E-state index in [0.29, 0.717) is 56.4 Å². The lowest BCUT2D eigenvalue weighted by Gasteiger charge is -2.58. The van der Waals surface area contributed by atoms with E-state index in [1.165, 1.54) is 35.7 Å². The van der Waals surface area contributed by atoms with Gasteiger partial charge in [0.2, 0.25) is 5.91 Å². The Morgan fingerprint density at radius 1 is 1.00 bits per heavy atom. The van der Waals surface area contributed by atoms with Crippen molar-refractivity contribution in [3.8, 4) is 17.2 Å². The van der Waals surface area contributed by atoms with Crippen LogP contribution in [0.5, 0.6) is 17.2 Å². The molecule has 5 heterocycles. The molecule has 4 N–H and O–H groups in total. The van der Waals surface area contributed by atoms with Gasteiger partial charge in [0.15, 0.2) is 11.4 Å². The molecular formula is C54H65FN8O9S. The van der Waals surface area contributed by atoms with E-state index in [-0.39, 0.29) is 75.7 Å². The number of aromatic nitrogens is 2. The number of ether oxygens (including phenoxy) is 2. The van der Waals surface area contributed by atoms with Crippen molar-refractivity contribution in [3.05, 3.63) is 106 Å². The molecule has 1 spiro atoms. The third-order valence-electron chi connectivity index (χ3n) is 16.3. The van der Waals surface area contributed by atoms with Gasteiger partial charge in [0, 0.05) is 74.8 Å². The summed E-state index contributed by atoms with van der Waals surface area (Å²) in [5.41, 5.74) is 2.39. The summed E-state index contributed by atoms with van der Waals surface area (Å²) in [7, 11) is -4.74. The van der Waals surface area contributed by atoms with Gasteiger partial charge in [0.25, 0.3) is 21.6 Å². The van der Waals surface area contributed by atoms with Gasteiger partial charge in [-0.25, -0.2) is 22.5 Å². The molecular weight excluding hydrogens is 956 g/mol. The molecule has 388 valence electrons. The first-order chi connectivity index (χ1) is 34.8. The Bertz CT molecular complexity index is 3050. The molecule has 2 aliphatic carbocycles. The summed E-state index contributed by atoms with van der Waals surface area (Å²) in [5, 5.41) is 26.3. The van der Waals surface area contributed by atoms with E-state index in [4.69, 9.17) is 9.47 Å². The number of nitro benzene ring substituents is 1. The zero-order valence-corrected chi connectivity index (χ0v) is 42.8. The Morgan fingerprint density at radius 2 is 1.74 bits per heavy atom. The van der Waals surface area contributed by atoms with Gasteiger partial charge < -0.3 is 34.7 Å². The number of rotatable bonds is 12. The quantitative estimate of drug-likeness (QED) is 0.0679. The molecule has 10 rings (SSSR count). The summed E-state index contributed by atoms with van der Waals surface area (Å²) < 4.78 is 57.1. The first-order valence-electron chi connectivity index (χ1n) is 25.6. The molecule has 3 aliphatic heterocycles. The van der Waals surface area contributed by atoms with Crippen molar-refractivity contribution >= 4 is 49.9 Å².